The van der Waals surface area contributed by atoms with Crippen molar-refractivity contribution >= 4 is 91.5 Å². The van der Waals surface area contributed by atoms with Crippen LogP contribution in [0.1, 0.15) is 159 Å². The first-order chi connectivity index (χ1) is 55.5. The maximum Gasteiger partial charge on any atom is 0.408 e. The van der Waals surface area contributed by atoms with Gasteiger partial charge in [-0.3, -0.25) is 43.2 Å². The number of hydroxylamine groups is 2. The molecule has 0 aliphatic carbocycles. The molecule has 31 nitrogen and oxygen atoms in total. The van der Waals surface area contributed by atoms with E-state index >= 15 is 0 Å². The standard InChI is InChI=1S/C39H52N4O9.C25H39N3O5Si.C23H31N3O7/c1-23(2)33(43-35(47)29(19-25-11-9-8-10-12-25)41-38(50)52-39(5,6)7)31(45)21-27-15-18-32(46)42-34(24(3)4)36(48)40-30(37(49)51-22-27)20-26-13-16-28(44)17-14-26;1-16(2)22-23(30)27-20(24(31)32-15-18(26)10-13-21(29)28-22)14-17-8-11-19(12-9-17)33-34(6,7)25(3,4)5;1-14(2)19(21(30)33-26-17(27)11-12-18(26)28)25-20(29)16(13-15-9-7-6-8-10-15)24-22(31)32-23(3,4)5/h8-18,23-24,27,29-30,33-34,44H,19-22H2,1-7H3,(H,40,48)(H,41,50)(H,42,46)(H,43,47);8-13,16,18,20,22H,14-15,26H2,1-7H3,(H,27,30)(H,28,29);6-10,14,16,19H,11-13H2,1-5H3,(H,24,31)(H,25,29)/b18-15+;13-10+;/t27-,29-,30-,33-,34-;18-,20+,22+;16-,19-/m010/s1. The van der Waals surface area contributed by atoms with E-state index in [9.17, 15) is 72.2 Å². The number of ketones is 1. The lowest BCUT2D eigenvalue weighted by Crippen LogP contribution is -2.55. The number of hydrogen-bond donors (Lipinski definition) is 10. The Morgan fingerprint density at radius 2 is 0.933 bits per heavy atom. The van der Waals surface area contributed by atoms with Crippen LogP contribution < -0.4 is 52.7 Å². The molecule has 0 spiro atoms. The number of alkyl carbamates (subject to hydrolysis) is 2. The quantitative estimate of drug-likeness (QED) is 0.0130. The van der Waals surface area contributed by atoms with Gasteiger partial charge in [0.1, 0.15) is 71.6 Å². The summed E-state index contributed by atoms with van der Waals surface area (Å²) in [6.07, 6.45) is 4.09. The average Bonchev–Trinajstić information content (AvgIpc) is 1.54. The van der Waals surface area contributed by atoms with E-state index in [2.05, 4.69) is 76.4 Å². The van der Waals surface area contributed by atoms with Gasteiger partial charge in [0.15, 0.2) is 5.78 Å². The van der Waals surface area contributed by atoms with Crippen LogP contribution in [0.3, 0.4) is 0 Å². The lowest BCUT2D eigenvalue weighted by atomic mass is 9.92. The molecule has 4 aromatic rings. The van der Waals surface area contributed by atoms with E-state index in [-0.39, 0.29) is 92.5 Å². The van der Waals surface area contributed by atoms with Crippen molar-refractivity contribution in [1.29, 1.82) is 0 Å². The van der Waals surface area contributed by atoms with E-state index in [4.69, 9.17) is 33.9 Å². The van der Waals surface area contributed by atoms with Crippen LogP contribution in [0.15, 0.2) is 133 Å². The van der Waals surface area contributed by atoms with E-state index in [0.717, 1.165) is 22.4 Å². The van der Waals surface area contributed by atoms with Gasteiger partial charge >= 0.3 is 30.1 Å². The molecule has 32 heteroatoms. The van der Waals surface area contributed by atoms with Gasteiger partial charge in [0.25, 0.3) is 11.8 Å². The Labute approximate surface area is 698 Å². The fourth-order valence-electron chi connectivity index (χ4n) is 11.7. The second-order valence-electron chi connectivity index (χ2n) is 34.5. The summed E-state index contributed by atoms with van der Waals surface area (Å²) in [5, 5.41) is 31.6. The van der Waals surface area contributed by atoms with Gasteiger partial charge in [-0.1, -0.05) is 173 Å². The predicted octanol–water partition coefficient (Wildman–Crippen LogP) is 8.07. The third-order valence-electron chi connectivity index (χ3n) is 19.2. The molecular weight excluding hydrogens is 1550 g/mol. The van der Waals surface area contributed by atoms with Gasteiger partial charge in [0.2, 0.25) is 43.8 Å². The van der Waals surface area contributed by atoms with Crippen LogP contribution in [0.5, 0.6) is 11.5 Å². The van der Waals surface area contributed by atoms with Gasteiger partial charge in [-0.05, 0) is 136 Å². The number of nitrogens with one attached hydrogen (secondary N) is 8. The molecule has 1 fully saturated rings. The smallest absolute Gasteiger partial charge is 0.408 e. The van der Waals surface area contributed by atoms with Gasteiger partial charge in [-0.15, -0.1) is 5.06 Å². The fraction of sp³-hybridized carbons (Fsp3) is 0.517. The molecule has 0 aromatic heterocycles. The third-order valence-corrected chi connectivity index (χ3v) is 23.6. The summed E-state index contributed by atoms with van der Waals surface area (Å²) in [5.74, 6) is -8.35. The van der Waals surface area contributed by atoms with Crippen LogP contribution in [-0.2, 0) is 107 Å². The highest BCUT2D eigenvalue weighted by atomic mass is 28.4. The van der Waals surface area contributed by atoms with Crippen molar-refractivity contribution in [2.75, 3.05) is 13.2 Å². The minimum atomic E-state index is -1.97. The second-order valence-corrected chi connectivity index (χ2v) is 39.2. The Bertz CT molecular complexity index is 4190. The number of Topliss-reactive ketones (excluding diaryl/α,β-unsaturated/α-hetero) is 1. The van der Waals surface area contributed by atoms with E-state index in [1.807, 2.05) is 74.5 Å². The molecule has 3 aliphatic rings. The minimum absolute atomic E-state index is 0.0379. The van der Waals surface area contributed by atoms with Crippen molar-refractivity contribution in [3.63, 3.8) is 0 Å². The fourth-order valence-corrected chi connectivity index (χ4v) is 12.7. The largest absolute Gasteiger partial charge is 0.544 e. The van der Waals surface area contributed by atoms with Crippen LogP contribution in [0, 0.1) is 29.6 Å². The Kier molecular flexibility index (Phi) is 37.2. The highest BCUT2D eigenvalue weighted by Gasteiger charge is 2.41. The van der Waals surface area contributed by atoms with Crippen LogP contribution in [0.25, 0.3) is 0 Å². The molecule has 0 saturated carbocycles. The number of rotatable bonds is 25. The highest BCUT2D eigenvalue weighted by molar-refractivity contribution is 6.74. The van der Waals surface area contributed by atoms with Gasteiger partial charge in [-0.25, -0.2) is 24.0 Å². The number of amides is 10. The molecule has 650 valence electrons. The summed E-state index contributed by atoms with van der Waals surface area (Å²) < 4.78 is 28.0. The maximum atomic E-state index is 13.9. The van der Waals surface area contributed by atoms with Crippen LogP contribution >= 0.6 is 0 Å². The normalized spacial score (nSPS) is 20.0. The number of phenols is 1. The molecule has 0 unspecified atom stereocenters. The monoisotopic (exact) mass is 1670 g/mol. The number of imide groups is 1. The Balaban J connectivity index is 0.000000331. The Morgan fingerprint density at radius 1 is 0.529 bits per heavy atom. The van der Waals surface area contributed by atoms with Crippen molar-refractivity contribution in [3.8, 4) is 11.5 Å². The summed E-state index contributed by atoms with van der Waals surface area (Å²) >= 11 is 0. The van der Waals surface area contributed by atoms with Crippen molar-refractivity contribution in [3.05, 3.63) is 156 Å². The van der Waals surface area contributed by atoms with Crippen LogP contribution in [0.4, 0.5) is 9.59 Å². The number of esters is 2. The van der Waals surface area contributed by atoms with Crippen LogP contribution in [-0.4, -0.2) is 180 Å². The third kappa shape index (κ3) is 33.9. The minimum Gasteiger partial charge on any atom is -0.544 e. The Morgan fingerprint density at radius 3 is 1.34 bits per heavy atom. The number of benzene rings is 4. The van der Waals surface area contributed by atoms with E-state index in [0.29, 0.717) is 10.6 Å². The summed E-state index contributed by atoms with van der Waals surface area (Å²) in [6.45, 7) is 34.8. The Hall–Kier alpha value is -11.3. The van der Waals surface area contributed by atoms with E-state index in [1.165, 1.54) is 36.4 Å². The molecule has 119 heavy (non-hydrogen) atoms. The first-order valence-corrected chi connectivity index (χ1v) is 42.9. The lowest BCUT2D eigenvalue weighted by Gasteiger charge is -2.36. The number of aromatic hydroxyl groups is 1. The molecule has 7 rings (SSSR count). The molecule has 4 aromatic carbocycles. The molecule has 11 N–H and O–H groups in total. The van der Waals surface area contributed by atoms with Gasteiger partial charge in [0, 0.05) is 56.9 Å². The first kappa shape index (κ1) is 98.3. The number of phenolic OH excluding ortho intramolecular Hbond substituents is 1. The molecule has 10 atom stereocenters. The number of ether oxygens (including phenoxy) is 4. The van der Waals surface area contributed by atoms with Gasteiger partial charge in [0.05, 0.1) is 18.7 Å². The first-order valence-electron chi connectivity index (χ1n) is 40.0. The molecule has 1 saturated heterocycles. The maximum absolute atomic E-state index is 13.9. The molecule has 0 radical (unpaired) electrons. The van der Waals surface area contributed by atoms with Crippen LogP contribution in [0.2, 0.25) is 18.1 Å². The second kappa shape index (κ2) is 45.0. The number of hydrogen-bond acceptors (Lipinski definition) is 22. The zero-order valence-electron chi connectivity index (χ0n) is 71.8. The van der Waals surface area contributed by atoms with Crippen molar-refractivity contribution in [2.24, 2.45) is 35.3 Å². The van der Waals surface area contributed by atoms with Crippen molar-refractivity contribution in [1.82, 2.24) is 47.6 Å². The van der Waals surface area contributed by atoms with Crippen molar-refractivity contribution in [2.45, 2.75) is 246 Å². The summed E-state index contributed by atoms with van der Waals surface area (Å²) in [6, 6.07) is 23.1. The molecule has 3 aliphatic heterocycles. The number of carbonyl (C=O) groups is 14. The van der Waals surface area contributed by atoms with E-state index in [1.54, 1.807) is 119 Å². The summed E-state index contributed by atoms with van der Waals surface area (Å²) in [7, 11) is -1.97. The molecule has 3 heterocycles. The van der Waals surface area contributed by atoms with Gasteiger partial charge < -0.3 is 81.6 Å². The van der Waals surface area contributed by atoms with E-state index < -0.39 is 163 Å². The zero-order valence-corrected chi connectivity index (χ0v) is 72.8. The zero-order chi connectivity index (χ0) is 89.0. The molecule has 10 amide bonds. The number of cyclic esters (lactones) is 2. The van der Waals surface area contributed by atoms with Gasteiger partial charge in [-0.2, -0.15) is 0 Å². The molecule has 0 bridgehead atoms. The van der Waals surface area contributed by atoms with Crippen molar-refractivity contribution < 1.29 is 100 Å². The number of nitrogens with two attached hydrogens (primary N) is 1. The summed E-state index contributed by atoms with van der Waals surface area (Å²) in [4.78, 5) is 184. The lowest BCUT2D eigenvalue weighted by molar-refractivity contribution is -0.199. The highest BCUT2D eigenvalue weighted by Crippen LogP contribution is 2.37. The summed E-state index contributed by atoms with van der Waals surface area (Å²) in [5.41, 5.74) is 7.39. The number of nitrogens with zero attached hydrogens (tertiary/aromatic N) is 1. The topological polar surface area (TPSA) is 440 Å². The molecular formula is C87H122N10O21Si. The average molecular weight is 1670 g/mol. The SMILES string of the molecule is CC(C)[C@@H]1NC(=O)/C=C/[C@@H](N)COC(=O)[C@H](Cc2ccc(O[Si](C)(C)C(C)(C)C)cc2)NC1=O.CC(C)[C@H](NC(=O)[C@H](Cc1ccccc1)NC(=O)OC(C)(C)C)C(=O)C[C@@H]1/C=C/C(=O)N[C@@H](C(C)C)C(=O)N[C@@H](Cc2ccc(O)cc2)C(=O)OC1.CC(C)[C@H](NC(=O)[C@H](Cc1ccccc1)NC(=O)OC(C)(C)C)C(=O)ON1C(=O)CCC1=O. The number of carbonyl (C=O) groups excluding carboxylic acids is 14. The predicted molar refractivity (Wildman–Crippen MR) is 446 cm³/mol.